The molecule has 2 N–H and O–H groups in total. The van der Waals surface area contributed by atoms with Crippen LogP contribution < -0.4 is 10.6 Å². The summed E-state index contributed by atoms with van der Waals surface area (Å²) in [5.74, 6) is 0.535. The van der Waals surface area contributed by atoms with Crippen molar-refractivity contribution in [2.45, 2.75) is 50.6 Å². The van der Waals surface area contributed by atoms with Gasteiger partial charge < -0.3 is 10.6 Å². The Morgan fingerprint density at radius 3 is 2.57 bits per heavy atom. The summed E-state index contributed by atoms with van der Waals surface area (Å²) < 4.78 is 0. The lowest BCUT2D eigenvalue weighted by atomic mass is 10.1. The van der Waals surface area contributed by atoms with Gasteiger partial charge in [0, 0.05) is 17.5 Å². The average Bonchev–Trinajstić information content (AvgIpc) is 2.71. The van der Waals surface area contributed by atoms with Crippen molar-refractivity contribution >= 4 is 5.91 Å². The van der Waals surface area contributed by atoms with Crippen LogP contribution in [0.2, 0.25) is 0 Å². The van der Waals surface area contributed by atoms with Crippen LogP contribution in [0.15, 0.2) is 0 Å². The fourth-order valence-corrected chi connectivity index (χ4v) is 2.19. The van der Waals surface area contributed by atoms with E-state index in [4.69, 9.17) is 0 Å². The Balaban J connectivity index is 1.81. The Bertz CT molecular complexity index is 235. The second-order valence-corrected chi connectivity index (χ2v) is 5.05. The summed E-state index contributed by atoms with van der Waals surface area (Å²) in [7, 11) is 1.98. The molecule has 0 bridgehead atoms. The molecule has 2 rings (SSSR count). The minimum absolute atomic E-state index is 0.148. The number of hydrogen-bond donors (Lipinski definition) is 2. The molecule has 2 saturated carbocycles. The van der Waals surface area contributed by atoms with Crippen LogP contribution in [0.1, 0.15) is 39.0 Å². The lowest BCUT2D eigenvalue weighted by molar-refractivity contribution is -0.125. The Morgan fingerprint density at radius 2 is 2.07 bits per heavy atom. The van der Waals surface area contributed by atoms with E-state index in [0.29, 0.717) is 6.04 Å². The van der Waals surface area contributed by atoms with Crippen LogP contribution in [-0.2, 0) is 4.79 Å². The van der Waals surface area contributed by atoms with Gasteiger partial charge in [-0.15, -0.1) is 0 Å². The predicted molar refractivity (Wildman–Crippen MR) is 56.0 cm³/mol. The maximum Gasteiger partial charge on any atom is 0.223 e. The van der Waals surface area contributed by atoms with Crippen LogP contribution in [0.25, 0.3) is 0 Å². The van der Waals surface area contributed by atoms with Crippen molar-refractivity contribution in [1.29, 1.82) is 0 Å². The van der Waals surface area contributed by atoms with Gasteiger partial charge in [-0.2, -0.15) is 0 Å². The van der Waals surface area contributed by atoms with E-state index in [1.807, 2.05) is 7.05 Å². The quantitative estimate of drug-likeness (QED) is 0.708. The van der Waals surface area contributed by atoms with E-state index in [1.165, 1.54) is 0 Å². The normalized spacial score (nSPS) is 34.1. The minimum atomic E-state index is 0.148. The van der Waals surface area contributed by atoms with Gasteiger partial charge in [-0.25, -0.2) is 0 Å². The van der Waals surface area contributed by atoms with E-state index in [-0.39, 0.29) is 17.4 Å². The zero-order valence-corrected chi connectivity index (χ0v) is 9.10. The molecule has 0 aromatic carbocycles. The molecule has 0 radical (unpaired) electrons. The maximum absolute atomic E-state index is 11.8. The van der Waals surface area contributed by atoms with Gasteiger partial charge in [-0.05, 0) is 46.1 Å². The Morgan fingerprint density at radius 1 is 1.36 bits per heavy atom. The third-order valence-corrected chi connectivity index (χ3v) is 3.64. The van der Waals surface area contributed by atoms with Crippen molar-refractivity contribution in [1.82, 2.24) is 10.6 Å². The predicted octanol–water partition coefficient (Wildman–Crippen LogP) is 1.04. The molecule has 0 unspecified atom stereocenters. The van der Waals surface area contributed by atoms with Crippen molar-refractivity contribution in [3.8, 4) is 0 Å². The highest BCUT2D eigenvalue weighted by Gasteiger charge is 2.41. The van der Waals surface area contributed by atoms with Crippen molar-refractivity contribution in [2.24, 2.45) is 5.92 Å². The Labute approximate surface area is 85.6 Å². The molecule has 0 aromatic rings. The average molecular weight is 196 g/mol. The second-order valence-electron chi connectivity index (χ2n) is 5.05. The summed E-state index contributed by atoms with van der Waals surface area (Å²) in [5, 5.41) is 6.40. The topological polar surface area (TPSA) is 41.1 Å². The van der Waals surface area contributed by atoms with Gasteiger partial charge in [0.2, 0.25) is 5.91 Å². The molecule has 14 heavy (non-hydrogen) atoms. The van der Waals surface area contributed by atoms with Gasteiger partial charge in [-0.1, -0.05) is 0 Å². The molecule has 2 atom stereocenters. The first kappa shape index (κ1) is 9.97. The molecule has 3 nitrogen and oxygen atoms in total. The third kappa shape index (κ3) is 2.08. The van der Waals surface area contributed by atoms with E-state index in [2.05, 4.69) is 17.6 Å². The number of carbonyl (C=O) groups excluding carboxylic acids is 1. The second kappa shape index (κ2) is 3.54. The summed E-state index contributed by atoms with van der Waals surface area (Å²) >= 11 is 0. The Hall–Kier alpha value is -0.570. The van der Waals surface area contributed by atoms with E-state index in [1.54, 1.807) is 0 Å². The number of nitrogens with one attached hydrogen (secondary N) is 2. The first-order valence-electron chi connectivity index (χ1n) is 5.62. The maximum atomic E-state index is 11.8. The third-order valence-electron chi connectivity index (χ3n) is 3.64. The summed E-state index contributed by atoms with van der Waals surface area (Å²) in [4.78, 5) is 11.8. The van der Waals surface area contributed by atoms with Crippen molar-refractivity contribution in [3.05, 3.63) is 0 Å². The molecule has 2 aliphatic carbocycles. The number of amides is 1. The molecule has 0 saturated heterocycles. The zero-order chi connectivity index (χ0) is 10.2. The number of carbonyl (C=O) groups is 1. The standard InChI is InChI=1S/C11H20N2O/c1-11(5-6-11)13-10(14)8-3-4-9(7-8)12-2/h8-9,12H,3-7H2,1-2H3,(H,13,14)/t8-,9+/m0/s1. The highest BCUT2D eigenvalue weighted by atomic mass is 16.2. The van der Waals surface area contributed by atoms with Gasteiger partial charge >= 0.3 is 0 Å². The van der Waals surface area contributed by atoms with Gasteiger partial charge in [0.25, 0.3) is 0 Å². The van der Waals surface area contributed by atoms with Crippen LogP contribution in [0.5, 0.6) is 0 Å². The highest BCUT2D eigenvalue weighted by molar-refractivity contribution is 5.80. The molecule has 80 valence electrons. The molecule has 0 aromatic heterocycles. The monoisotopic (exact) mass is 196 g/mol. The lowest BCUT2D eigenvalue weighted by Gasteiger charge is -2.15. The van der Waals surface area contributed by atoms with E-state index < -0.39 is 0 Å². The minimum Gasteiger partial charge on any atom is -0.351 e. The summed E-state index contributed by atoms with van der Waals surface area (Å²) in [6, 6.07) is 0.553. The SMILES string of the molecule is CN[C@@H]1CC[C@H](C(=O)NC2(C)CC2)C1. The van der Waals surface area contributed by atoms with Crippen LogP contribution in [0, 0.1) is 5.92 Å². The van der Waals surface area contributed by atoms with E-state index in [9.17, 15) is 4.79 Å². The smallest absolute Gasteiger partial charge is 0.223 e. The van der Waals surface area contributed by atoms with E-state index >= 15 is 0 Å². The molecule has 2 aliphatic rings. The van der Waals surface area contributed by atoms with Crippen LogP contribution in [-0.4, -0.2) is 24.5 Å². The fourth-order valence-electron chi connectivity index (χ4n) is 2.19. The summed E-state index contributed by atoms with van der Waals surface area (Å²) in [6.45, 7) is 2.13. The van der Waals surface area contributed by atoms with Crippen molar-refractivity contribution < 1.29 is 4.79 Å². The fraction of sp³-hybridized carbons (Fsp3) is 0.909. The summed E-state index contributed by atoms with van der Waals surface area (Å²) in [5.41, 5.74) is 0.148. The van der Waals surface area contributed by atoms with Gasteiger partial charge in [0.15, 0.2) is 0 Å². The molecule has 1 amide bonds. The van der Waals surface area contributed by atoms with Crippen molar-refractivity contribution in [2.75, 3.05) is 7.05 Å². The number of rotatable bonds is 3. The molecular weight excluding hydrogens is 176 g/mol. The zero-order valence-electron chi connectivity index (χ0n) is 9.10. The molecule has 2 fully saturated rings. The van der Waals surface area contributed by atoms with Gasteiger partial charge in [0.1, 0.15) is 0 Å². The highest BCUT2D eigenvalue weighted by Crippen LogP contribution is 2.35. The summed E-state index contributed by atoms with van der Waals surface area (Å²) in [6.07, 6.45) is 5.51. The largest absolute Gasteiger partial charge is 0.351 e. The van der Waals surface area contributed by atoms with Gasteiger partial charge in [0.05, 0.1) is 0 Å². The molecule has 0 spiro atoms. The van der Waals surface area contributed by atoms with Crippen LogP contribution in [0.3, 0.4) is 0 Å². The van der Waals surface area contributed by atoms with E-state index in [0.717, 1.165) is 32.1 Å². The number of hydrogen-bond acceptors (Lipinski definition) is 2. The van der Waals surface area contributed by atoms with Crippen molar-refractivity contribution in [3.63, 3.8) is 0 Å². The Kier molecular flexibility index (Phi) is 2.52. The molecule has 3 heteroatoms. The molecule has 0 heterocycles. The lowest BCUT2D eigenvalue weighted by Crippen LogP contribution is -2.38. The molecular formula is C11H20N2O. The molecule has 0 aliphatic heterocycles. The first-order chi connectivity index (χ1) is 6.63. The van der Waals surface area contributed by atoms with Crippen LogP contribution >= 0.6 is 0 Å². The van der Waals surface area contributed by atoms with Crippen LogP contribution in [0.4, 0.5) is 0 Å². The van der Waals surface area contributed by atoms with Gasteiger partial charge in [-0.3, -0.25) is 4.79 Å². The first-order valence-corrected chi connectivity index (χ1v) is 5.62.